The van der Waals surface area contributed by atoms with E-state index in [1.807, 2.05) is 0 Å². The lowest BCUT2D eigenvalue weighted by atomic mass is 9.98. The van der Waals surface area contributed by atoms with Gasteiger partial charge in [-0.3, -0.25) is 4.79 Å². The first kappa shape index (κ1) is 14.5. The van der Waals surface area contributed by atoms with Crippen molar-refractivity contribution < 1.29 is 4.79 Å². The Kier molecular flexibility index (Phi) is 7.50. The van der Waals surface area contributed by atoms with Crippen LogP contribution in [0.4, 0.5) is 0 Å². The molecule has 90 valence electrons. The Morgan fingerprint density at radius 2 is 1.80 bits per heavy atom. The Hall–Kier alpha value is -0.490. The number of carbonyl (C=O) groups excluding carboxylic acids is 1. The van der Waals surface area contributed by atoms with Crippen LogP contribution in [0.15, 0.2) is 0 Å². The fraction of sp³-hybridized carbons (Fsp3) is 0.900. The summed E-state index contributed by atoms with van der Waals surface area (Å²) in [7, 11) is 0. The van der Waals surface area contributed by atoms with Gasteiger partial charge in [-0.15, -0.1) is 0 Å². The second kappa shape index (κ2) is 7.76. The molecular weight excluding hydrogens is 192 g/mol. The van der Waals surface area contributed by atoms with Gasteiger partial charge in [0.05, 0.1) is 6.04 Å². The summed E-state index contributed by atoms with van der Waals surface area (Å²) in [6, 6.07) is -0.885. The number of ketones is 1. The molecule has 0 bridgehead atoms. The summed E-state index contributed by atoms with van der Waals surface area (Å²) in [6.07, 6.45) is 2.74. The lowest BCUT2D eigenvalue weighted by Crippen LogP contribution is -2.43. The third kappa shape index (κ3) is 6.57. The maximum atomic E-state index is 11.6. The maximum absolute atomic E-state index is 11.6. The molecule has 8 N–H and O–H groups in total. The van der Waals surface area contributed by atoms with Gasteiger partial charge in [-0.05, 0) is 26.3 Å². The molecule has 0 spiro atoms. The predicted molar refractivity (Wildman–Crippen MR) is 62.1 cm³/mol. The van der Waals surface area contributed by atoms with Gasteiger partial charge < -0.3 is 22.9 Å². The van der Waals surface area contributed by atoms with Gasteiger partial charge in [0.25, 0.3) is 0 Å². The highest BCUT2D eigenvalue weighted by atomic mass is 16.1. The fourth-order valence-electron chi connectivity index (χ4n) is 1.24. The van der Waals surface area contributed by atoms with E-state index in [9.17, 15) is 4.79 Å². The molecule has 0 aliphatic rings. The first-order valence-electron chi connectivity index (χ1n) is 5.48. The molecule has 0 radical (unpaired) electrons. The summed E-state index contributed by atoms with van der Waals surface area (Å²) in [5, 5.41) is 0. The molecule has 15 heavy (non-hydrogen) atoms. The van der Waals surface area contributed by atoms with Crippen molar-refractivity contribution in [3.63, 3.8) is 0 Å². The molecule has 0 rings (SSSR count). The van der Waals surface area contributed by atoms with E-state index in [1.165, 1.54) is 0 Å². The van der Waals surface area contributed by atoms with Crippen molar-refractivity contribution in [2.45, 2.75) is 50.7 Å². The van der Waals surface area contributed by atoms with Gasteiger partial charge in [0.1, 0.15) is 0 Å². The van der Waals surface area contributed by atoms with Gasteiger partial charge in [0.2, 0.25) is 0 Å². The van der Waals surface area contributed by atoms with Crippen LogP contribution in [0.1, 0.15) is 32.6 Å². The summed E-state index contributed by atoms with van der Waals surface area (Å²) in [6.45, 7) is 2.43. The summed E-state index contributed by atoms with van der Waals surface area (Å²) < 4.78 is 0. The molecule has 0 aromatic rings. The van der Waals surface area contributed by atoms with Crippen LogP contribution in [0.5, 0.6) is 0 Å². The average molecular weight is 216 g/mol. The van der Waals surface area contributed by atoms with E-state index in [-0.39, 0.29) is 24.3 Å². The average Bonchev–Trinajstić information content (AvgIpc) is 2.17. The zero-order valence-corrected chi connectivity index (χ0v) is 9.49. The topological polar surface area (TPSA) is 121 Å². The van der Waals surface area contributed by atoms with E-state index < -0.39 is 6.04 Å². The van der Waals surface area contributed by atoms with Gasteiger partial charge in [0, 0.05) is 18.5 Å². The molecule has 0 aliphatic carbocycles. The molecular formula is C10H24N4O. The van der Waals surface area contributed by atoms with E-state index in [2.05, 4.69) is 0 Å². The van der Waals surface area contributed by atoms with E-state index in [1.54, 1.807) is 6.92 Å². The third-order valence-electron chi connectivity index (χ3n) is 2.50. The number of unbranched alkanes of at least 4 members (excludes halogenated alkanes) is 1. The zero-order valence-electron chi connectivity index (χ0n) is 9.49. The lowest BCUT2D eigenvalue weighted by molar-refractivity contribution is -0.120. The van der Waals surface area contributed by atoms with E-state index in [4.69, 9.17) is 22.9 Å². The minimum Gasteiger partial charge on any atom is -0.330 e. The van der Waals surface area contributed by atoms with Crippen molar-refractivity contribution in [2.24, 2.45) is 22.9 Å². The largest absolute Gasteiger partial charge is 0.330 e. The Bertz CT molecular complexity index is 184. The van der Waals surface area contributed by atoms with Crippen LogP contribution < -0.4 is 22.9 Å². The van der Waals surface area contributed by atoms with Crippen LogP contribution in [0, 0.1) is 0 Å². The molecule has 0 amide bonds. The smallest absolute Gasteiger partial charge is 0.151 e. The highest BCUT2D eigenvalue weighted by Crippen LogP contribution is 2.03. The van der Waals surface area contributed by atoms with Crippen molar-refractivity contribution >= 4 is 5.78 Å². The minimum atomic E-state index is -0.415. The first-order chi connectivity index (χ1) is 6.99. The van der Waals surface area contributed by atoms with Gasteiger partial charge in [0.15, 0.2) is 5.78 Å². The van der Waals surface area contributed by atoms with E-state index >= 15 is 0 Å². The van der Waals surface area contributed by atoms with Crippen LogP contribution in [0.25, 0.3) is 0 Å². The molecule has 0 aromatic heterocycles. The summed E-state index contributed by atoms with van der Waals surface area (Å²) in [5.41, 5.74) is 22.3. The second-order valence-electron chi connectivity index (χ2n) is 4.08. The van der Waals surface area contributed by atoms with Crippen molar-refractivity contribution in [1.82, 2.24) is 0 Å². The van der Waals surface area contributed by atoms with Gasteiger partial charge >= 0.3 is 0 Å². The van der Waals surface area contributed by atoms with E-state index in [0.29, 0.717) is 13.0 Å². The molecule has 0 fully saturated rings. The molecule has 0 aliphatic heterocycles. The van der Waals surface area contributed by atoms with Crippen LogP contribution >= 0.6 is 0 Å². The molecule has 0 heterocycles. The van der Waals surface area contributed by atoms with Gasteiger partial charge in [-0.1, -0.05) is 6.42 Å². The molecule has 5 nitrogen and oxygen atoms in total. The number of rotatable bonds is 8. The number of carbonyl (C=O) groups is 1. The van der Waals surface area contributed by atoms with Crippen LogP contribution in [-0.4, -0.2) is 30.5 Å². The standard InChI is InChI=1S/C10H24N4O/c1-7(12)9(14)6-10(15)8(13)4-2-3-5-11/h7-9H,2-6,11-14H2,1H3/t7?,8-,9?/m0/s1. The van der Waals surface area contributed by atoms with Gasteiger partial charge in [-0.2, -0.15) is 0 Å². The summed E-state index contributed by atoms with van der Waals surface area (Å²) >= 11 is 0. The molecule has 0 saturated carbocycles. The monoisotopic (exact) mass is 216 g/mol. The molecule has 0 saturated heterocycles. The van der Waals surface area contributed by atoms with Crippen molar-refractivity contribution in [1.29, 1.82) is 0 Å². The quantitative estimate of drug-likeness (QED) is 0.391. The van der Waals surface area contributed by atoms with Crippen molar-refractivity contribution in [3.05, 3.63) is 0 Å². The Balaban J connectivity index is 3.78. The maximum Gasteiger partial charge on any atom is 0.151 e. The van der Waals surface area contributed by atoms with Crippen molar-refractivity contribution in [3.8, 4) is 0 Å². The zero-order chi connectivity index (χ0) is 11.8. The summed E-state index contributed by atoms with van der Waals surface area (Å²) in [4.78, 5) is 11.6. The Morgan fingerprint density at radius 3 is 2.27 bits per heavy atom. The second-order valence-corrected chi connectivity index (χ2v) is 4.08. The number of Topliss-reactive ketones (excluding diaryl/α,β-unsaturated/α-hetero) is 1. The number of hydrogen-bond acceptors (Lipinski definition) is 5. The minimum absolute atomic E-state index is 0.00294. The number of hydrogen-bond donors (Lipinski definition) is 4. The molecule has 3 atom stereocenters. The van der Waals surface area contributed by atoms with Crippen molar-refractivity contribution in [2.75, 3.05) is 6.54 Å². The Morgan fingerprint density at radius 1 is 1.20 bits per heavy atom. The lowest BCUT2D eigenvalue weighted by Gasteiger charge is -2.17. The first-order valence-corrected chi connectivity index (χ1v) is 5.48. The molecule has 0 aromatic carbocycles. The highest BCUT2D eigenvalue weighted by Gasteiger charge is 2.18. The van der Waals surface area contributed by atoms with E-state index in [0.717, 1.165) is 12.8 Å². The molecule has 5 heteroatoms. The summed E-state index contributed by atoms with van der Waals surface area (Å²) in [5.74, 6) is -0.00294. The third-order valence-corrected chi connectivity index (χ3v) is 2.50. The predicted octanol–water partition coefficient (Wildman–Crippen LogP) is -0.924. The SMILES string of the molecule is CC(N)C(N)CC(=O)[C@@H](N)CCCCN. The van der Waals surface area contributed by atoms with Gasteiger partial charge in [-0.25, -0.2) is 0 Å². The fourth-order valence-corrected chi connectivity index (χ4v) is 1.24. The number of nitrogens with two attached hydrogens (primary N) is 4. The Labute approximate surface area is 91.5 Å². The van der Waals surface area contributed by atoms with Crippen LogP contribution in [0.2, 0.25) is 0 Å². The molecule has 2 unspecified atom stereocenters. The highest BCUT2D eigenvalue weighted by molar-refractivity contribution is 5.84. The normalized spacial score (nSPS) is 17.1. The van der Waals surface area contributed by atoms with Crippen LogP contribution in [-0.2, 0) is 4.79 Å². The van der Waals surface area contributed by atoms with Crippen LogP contribution in [0.3, 0.4) is 0 Å².